The maximum Gasteiger partial charge on any atom is 0.269 e. The van der Waals surface area contributed by atoms with Crippen LogP contribution in [-0.4, -0.2) is 21.6 Å². The Labute approximate surface area is 133 Å². The number of aryl methyl sites for hydroxylation is 2. The van der Waals surface area contributed by atoms with E-state index in [2.05, 4.69) is 10.5 Å². The molecule has 0 fully saturated rings. The summed E-state index contributed by atoms with van der Waals surface area (Å²) in [5.74, 6) is -0.235. The average molecular weight is 314 g/mol. The Morgan fingerprint density at radius 2 is 2.00 bits per heavy atom. The normalized spacial score (nSPS) is 11.0. The van der Waals surface area contributed by atoms with E-state index in [4.69, 9.17) is 0 Å². The van der Waals surface area contributed by atoms with Gasteiger partial charge in [-0.1, -0.05) is 0 Å². The van der Waals surface area contributed by atoms with E-state index < -0.39 is 4.92 Å². The van der Waals surface area contributed by atoms with Crippen LogP contribution in [0.15, 0.2) is 29.4 Å². The van der Waals surface area contributed by atoms with Gasteiger partial charge in [0.2, 0.25) is 5.91 Å². The lowest BCUT2D eigenvalue weighted by Gasteiger charge is -2.12. The molecule has 1 N–H and O–H groups in total. The molecule has 1 amide bonds. The van der Waals surface area contributed by atoms with Gasteiger partial charge >= 0.3 is 0 Å². The van der Waals surface area contributed by atoms with Crippen molar-refractivity contribution in [3.8, 4) is 5.69 Å². The van der Waals surface area contributed by atoms with Crippen molar-refractivity contribution in [2.45, 2.75) is 27.7 Å². The third kappa shape index (κ3) is 3.45. The second-order valence-electron chi connectivity index (χ2n) is 5.32. The maximum absolute atomic E-state index is 10.9. The largest absolute Gasteiger partial charge is 0.318 e. The second kappa shape index (κ2) is 6.43. The number of aromatic nitrogens is 1. The number of nitrogens with zero attached hydrogens (tertiary/aromatic N) is 3. The van der Waals surface area contributed by atoms with Crippen LogP contribution in [0.5, 0.6) is 0 Å². The molecule has 0 aliphatic carbocycles. The Hall–Kier alpha value is -2.96. The molecule has 1 aromatic heterocycles. The predicted molar refractivity (Wildman–Crippen MR) is 88.0 cm³/mol. The Balaban J connectivity index is 2.45. The van der Waals surface area contributed by atoms with E-state index in [-0.39, 0.29) is 11.6 Å². The van der Waals surface area contributed by atoms with Crippen molar-refractivity contribution in [1.82, 2.24) is 9.99 Å². The number of hydrogen-bond donors (Lipinski definition) is 1. The molecule has 0 radical (unpaired) electrons. The molecule has 0 atom stereocenters. The van der Waals surface area contributed by atoms with Crippen LogP contribution in [0.25, 0.3) is 5.69 Å². The third-order valence-corrected chi connectivity index (χ3v) is 3.53. The number of amides is 1. The van der Waals surface area contributed by atoms with Crippen LogP contribution in [0.3, 0.4) is 0 Å². The quantitative estimate of drug-likeness (QED) is 0.534. The van der Waals surface area contributed by atoms with Gasteiger partial charge in [-0.05, 0) is 38.5 Å². The summed E-state index contributed by atoms with van der Waals surface area (Å²) in [5.41, 5.74) is 6.91. The molecule has 23 heavy (non-hydrogen) atoms. The summed E-state index contributed by atoms with van der Waals surface area (Å²) in [4.78, 5) is 21.3. The minimum Gasteiger partial charge on any atom is -0.318 e. The van der Waals surface area contributed by atoms with E-state index in [9.17, 15) is 14.9 Å². The number of carbonyl (C=O) groups excluding carboxylic acids is 1. The lowest BCUT2D eigenvalue weighted by Crippen LogP contribution is -2.12. The summed E-state index contributed by atoms with van der Waals surface area (Å²) in [7, 11) is 0. The monoisotopic (exact) mass is 314 g/mol. The highest BCUT2D eigenvalue weighted by Crippen LogP contribution is 2.25. The van der Waals surface area contributed by atoms with Crippen LogP contribution >= 0.6 is 0 Å². The first kappa shape index (κ1) is 16.4. The molecule has 0 aliphatic heterocycles. The van der Waals surface area contributed by atoms with Crippen molar-refractivity contribution < 1.29 is 9.72 Å². The summed E-state index contributed by atoms with van der Waals surface area (Å²) in [5, 5.41) is 14.7. The summed E-state index contributed by atoms with van der Waals surface area (Å²) in [6, 6.07) is 6.73. The van der Waals surface area contributed by atoms with E-state index in [1.807, 2.05) is 31.4 Å². The van der Waals surface area contributed by atoms with Gasteiger partial charge in [-0.3, -0.25) is 14.9 Å². The summed E-state index contributed by atoms with van der Waals surface area (Å²) in [6.45, 7) is 7.11. The first-order valence-corrected chi connectivity index (χ1v) is 7.05. The summed E-state index contributed by atoms with van der Waals surface area (Å²) in [6.07, 6.45) is 1.58. The highest BCUT2D eigenvalue weighted by Gasteiger charge is 2.14. The first-order chi connectivity index (χ1) is 10.8. The van der Waals surface area contributed by atoms with Gasteiger partial charge in [0, 0.05) is 41.7 Å². The topological polar surface area (TPSA) is 89.5 Å². The van der Waals surface area contributed by atoms with Crippen LogP contribution in [-0.2, 0) is 4.79 Å². The van der Waals surface area contributed by atoms with Gasteiger partial charge in [0.15, 0.2) is 0 Å². The zero-order chi connectivity index (χ0) is 17.1. The van der Waals surface area contributed by atoms with Crippen molar-refractivity contribution in [2.75, 3.05) is 0 Å². The molecular formula is C16H18N4O3. The number of nitro groups is 1. The zero-order valence-electron chi connectivity index (χ0n) is 13.5. The van der Waals surface area contributed by atoms with Gasteiger partial charge < -0.3 is 4.57 Å². The average Bonchev–Trinajstić information content (AvgIpc) is 2.73. The third-order valence-electron chi connectivity index (χ3n) is 3.53. The highest BCUT2D eigenvalue weighted by molar-refractivity contribution is 5.83. The highest BCUT2D eigenvalue weighted by atomic mass is 16.6. The fourth-order valence-corrected chi connectivity index (χ4v) is 2.49. The molecule has 120 valence electrons. The van der Waals surface area contributed by atoms with E-state index >= 15 is 0 Å². The van der Waals surface area contributed by atoms with Crippen molar-refractivity contribution in [2.24, 2.45) is 5.10 Å². The molecule has 0 unspecified atom stereocenters. The van der Waals surface area contributed by atoms with Crippen LogP contribution in [0, 0.1) is 30.9 Å². The molecule has 0 bridgehead atoms. The van der Waals surface area contributed by atoms with Gasteiger partial charge in [0.05, 0.1) is 11.1 Å². The number of carbonyl (C=O) groups is 1. The number of nitrogens with one attached hydrogen (secondary N) is 1. The minimum absolute atomic E-state index is 0.0705. The molecule has 0 aliphatic rings. The number of rotatable bonds is 4. The Morgan fingerprint density at radius 1 is 1.30 bits per heavy atom. The molecule has 1 aromatic carbocycles. The predicted octanol–water partition coefficient (Wildman–Crippen LogP) is 2.78. The van der Waals surface area contributed by atoms with E-state index in [0.29, 0.717) is 0 Å². The summed E-state index contributed by atoms with van der Waals surface area (Å²) < 4.78 is 2.01. The first-order valence-electron chi connectivity index (χ1n) is 7.05. The molecular weight excluding hydrogens is 296 g/mol. The Morgan fingerprint density at radius 3 is 2.57 bits per heavy atom. The van der Waals surface area contributed by atoms with Gasteiger partial charge in [-0.2, -0.15) is 5.10 Å². The number of nitro benzene ring substituents is 1. The van der Waals surface area contributed by atoms with Crippen molar-refractivity contribution >= 4 is 17.8 Å². The molecule has 2 rings (SSSR count). The van der Waals surface area contributed by atoms with E-state index in [1.54, 1.807) is 18.3 Å². The minimum atomic E-state index is -0.405. The Bertz CT molecular complexity index is 806. The number of non-ortho nitro benzene ring substituents is 1. The van der Waals surface area contributed by atoms with E-state index in [1.165, 1.54) is 13.0 Å². The van der Waals surface area contributed by atoms with Gasteiger partial charge in [0.25, 0.3) is 5.69 Å². The smallest absolute Gasteiger partial charge is 0.269 e. The maximum atomic E-state index is 10.9. The number of hydrazone groups is 1. The van der Waals surface area contributed by atoms with E-state index in [0.717, 1.165) is 28.2 Å². The van der Waals surface area contributed by atoms with Gasteiger partial charge in [-0.25, -0.2) is 5.43 Å². The van der Waals surface area contributed by atoms with Crippen molar-refractivity contribution in [3.05, 3.63) is 56.9 Å². The Kier molecular flexibility index (Phi) is 4.59. The van der Waals surface area contributed by atoms with Gasteiger partial charge in [-0.15, -0.1) is 0 Å². The fourth-order valence-electron chi connectivity index (χ4n) is 2.49. The lowest BCUT2D eigenvalue weighted by atomic mass is 10.1. The van der Waals surface area contributed by atoms with Crippen LogP contribution in [0.4, 0.5) is 5.69 Å². The zero-order valence-corrected chi connectivity index (χ0v) is 13.5. The fraction of sp³-hybridized carbons (Fsp3) is 0.250. The standard InChI is InChI=1S/C16H18N4O3/c1-10-7-15(20(22)23)5-6-16(10)19-11(2)8-14(12(19)3)9-17-18-13(4)21/h5-9H,1-4H3,(H,18,21). The van der Waals surface area contributed by atoms with Crippen LogP contribution in [0.1, 0.15) is 29.4 Å². The van der Waals surface area contributed by atoms with Crippen molar-refractivity contribution in [1.29, 1.82) is 0 Å². The molecule has 0 saturated heterocycles. The van der Waals surface area contributed by atoms with Crippen LogP contribution in [0.2, 0.25) is 0 Å². The van der Waals surface area contributed by atoms with Crippen LogP contribution < -0.4 is 5.43 Å². The number of hydrogen-bond acceptors (Lipinski definition) is 4. The van der Waals surface area contributed by atoms with Gasteiger partial charge in [0.1, 0.15) is 0 Å². The molecule has 7 heteroatoms. The second-order valence-corrected chi connectivity index (χ2v) is 5.32. The lowest BCUT2D eigenvalue weighted by molar-refractivity contribution is -0.384. The number of benzene rings is 1. The molecule has 2 aromatic rings. The molecule has 7 nitrogen and oxygen atoms in total. The molecule has 0 saturated carbocycles. The SMILES string of the molecule is CC(=O)NN=Cc1cc(C)n(-c2ccc([N+](=O)[O-])cc2C)c1C. The summed E-state index contributed by atoms with van der Waals surface area (Å²) >= 11 is 0. The van der Waals surface area contributed by atoms with Crippen molar-refractivity contribution in [3.63, 3.8) is 0 Å². The molecule has 0 spiro atoms. The molecule has 1 heterocycles.